The summed E-state index contributed by atoms with van der Waals surface area (Å²) >= 11 is 0. The number of nitrogens with zero attached hydrogens (tertiary/aromatic N) is 3. The van der Waals surface area contributed by atoms with Crippen LogP contribution in [-0.4, -0.2) is 31.9 Å². The molecule has 3 aromatic rings. The number of aryl methyl sites for hydroxylation is 1. The molecule has 0 saturated carbocycles. The number of hydrogen-bond donors (Lipinski definition) is 1. The van der Waals surface area contributed by atoms with Gasteiger partial charge in [0, 0.05) is 24.8 Å². The molecule has 0 fully saturated rings. The number of sulfonamides is 1. The van der Waals surface area contributed by atoms with E-state index in [1.807, 2.05) is 25.8 Å². The maximum Gasteiger partial charge on any atom is 0.435 e. The van der Waals surface area contributed by atoms with Crippen LogP contribution < -0.4 is 9.73 Å². The van der Waals surface area contributed by atoms with E-state index in [2.05, 4.69) is 9.93 Å². The Hall–Kier alpha value is -3.01. The van der Waals surface area contributed by atoms with Crippen LogP contribution >= 0.6 is 0 Å². The van der Waals surface area contributed by atoms with Gasteiger partial charge in [0.1, 0.15) is 0 Å². The third-order valence-electron chi connectivity index (χ3n) is 4.64. The molecule has 0 bridgehead atoms. The highest BCUT2D eigenvalue weighted by Gasteiger charge is 2.35. The van der Waals surface area contributed by atoms with Crippen LogP contribution in [0.25, 0.3) is 11.3 Å². The summed E-state index contributed by atoms with van der Waals surface area (Å²) in [6, 6.07) is 13.3. The molecule has 160 valence electrons. The van der Waals surface area contributed by atoms with Gasteiger partial charge in [0.25, 0.3) is 10.0 Å². The summed E-state index contributed by atoms with van der Waals surface area (Å²) in [4.78, 5) is 4.69. The first-order chi connectivity index (χ1) is 14.0. The first-order valence-corrected chi connectivity index (χ1v) is 10.6. The van der Waals surface area contributed by atoms with Crippen LogP contribution in [0.1, 0.15) is 18.2 Å². The third-order valence-corrected chi connectivity index (χ3v) is 5.94. The second-order valence-corrected chi connectivity index (χ2v) is 8.41. The molecule has 0 aliphatic rings. The highest BCUT2D eigenvalue weighted by molar-refractivity contribution is 7.92. The van der Waals surface area contributed by atoms with Crippen molar-refractivity contribution in [2.45, 2.75) is 24.9 Å². The second kappa shape index (κ2) is 8.02. The second-order valence-electron chi connectivity index (χ2n) is 6.75. The fourth-order valence-electron chi connectivity index (χ4n) is 2.97. The summed E-state index contributed by atoms with van der Waals surface area (Å²) in [6.45, 7) is 4.58. The summed E-state index contributed by atoms with van der Waals surface area (Å²) in [5.41, 5.74) is 0.952. The van der Waals surface area contributed by atoms with Crippen molar-refractivity contribution < 1.29 is 21.6 Å². The molecule has 0 aliphatic carbocycles. The van der Waals surface area contributed by atoms with Crippen molar-refractivity contribution in [1.82, 2.24) is 9.89 Å². The molecule has 0 spiro atoms. The van der Waals surface area contributed by atoms with Crippen LogP contribution in [0.4, 0.5) is 18.9 Å². The summed E-state index contributed by atoms with van der Waals surface area (Å²) in [6.07, 6.45) is -4.73. The van der Waals surface area contributed by atoms with Crippen molar-refractivity contribution >= 4 is 15.7 Å². The lowest BCUT2D eigenvalue weighted by Crippen LogP contribution is -2.25. The van der Waals surface area contributed by atoms with Crippen molar-refractivity contribution in [3.63, 3.8) is 0 Å². The lowest BCUT2D eigenvalue weighted by molar-refractivity contribution is -0.141. The predicted octanol–water partition coefficient (Wildman–Crippen LogP) is 4.27. The van der Waals surface area contributed by atoms with Gasteiger partial charge in [-0.3, -0.25) is 0 Å². The molecule has 1 heterocycles. The zero-order chi connectivity index (χ0) is 22.1. The van der Waals surface area contributed by atoms with Crippen LogP contribution in [0.15, 0.2) is 59.5 Å². The van der Waals surface area contributed by atoms with Crippen LogP contribution in [0.3, 0.4) is 0 Å². The highest BCUT2D eigenvalue weighted by Crippen LogP contribution is 2.33. The summed E-state index contributed by atoms with van der Waals surface area (Å²) in [7, 11) is -2.23. The molecule has 3 rings (SSSR count). The van der Waals surface area contributed by atoms with Gasteiger partial charge < -0.3 is 4.90 Å². The van der Waals surface area contributed by atoms with Gasteiger partial charge in [-0.25, -0.2) is 0 Å². The van der Waals surface area contributed by atoms with Crippen molar-refractivity contribution in [3.05, 3.63) is 65.9 Å². The minimum absolute atomic E-state index is 0.0179. The standard InChI is InChI=1S/C20H21F3N4O2S/c1-4-26(3)17-11-10-15(12-14(17)2)18-13-19(20(21,22)23)24-27(18)25-30(28,29)16-8-6-5-7-9-16/h5-13,25H,4H2,1-3H3. The number of alkyl halides is 3. The lowest BCUT2D eigenvalue weighted by Gasteiger charge is -2.20. The van der Waals surface area contributed by atoms with E-state index < -0.39 is 21.9 Å². The minimum atomic E-state index is -4.73. The van der Waals surface area contributed by atoms with Gasteiger partial charge in [-0.15, -0.1) is 5.10 Å². The van der Waals surface area contributed by atoms with Gasteiger partial charge in [0.2, 0.25) is 0 Å². The van der Waals surface area contributed by atoms with Crippen LogP contribution in [0.2, 0.25) is 0 Å². The fraction of sp³-hybridized carbons (Fsp3) is 0.250. The maximum atomic E-state index is 13.3. The van der Waals surface area contributed by atoms with E-state index in [1.54, 1.807) is 24.3 Å². The Morgan fingerprint density at radius 3 is 2.33 bits per heavy atom. The van der Waals surface area contributed by atoms with E-state index in [4.69, 9.17) is 0 Å². The molecule has 2 aromatic carbocycles. The van der Waals surface area contributed by atoms with E-state index in [0.717, 1.165) is 23.9 Å². The van der Waals surface area contributed by atoms with Gasteiger partial charge in [-0.2, -0.15) is 31.2 Å². The third kappa shape index (κ3) is 4.43. The fourth-order valence-corrected chi connectivity index (χ4v) is 3.96. The predicted molar refractivity (Wildman–Crippen MR) is 109 cm³/mol. The molecule has 1 aromatic heterocycles. The normalized spacial score (nSPS) is 12.1. The lowest BCUT2D eigenvalue weighted by atomic mass is 10.1. The molecular formula is C20H21F3N4O2S. The number of anilines is 1. The van der Waals surface area contributed by atoms with Gasteiger partial charge >= 0.3 is 6.18 Å². The van der Waals surface area contributed by atoms with Crippen LogP contribution in [-0.2, 0) is 16.2 Å². The van der Waals surface area contributed by atoms with Gasteiger partial charge in [-0.05, 0) is 49.7 Å². The molecule has 10 heteroatoms. The number of rotatable bonds is 6. The molecule has 0 amide bonds. The van der Waals surface area contributed by atoms with E-state index >= 15 is 0 Å². The summed E-state index contributed by atoms with van der Waals surface area (Å²) in [5.74, 6) is 0. The Kier molecular flexibility index (Phi) is 5.80. The van der Waals surface area contributed by atoms with E-state index in [1.165, 1.54) is 24.3 Å². The van der Waals surface area contributed by atoms with E-state index in [9.17, 15) is 21.6 Å². The molecule has 0 atom stereocenters. The SMILES string of the molecule is CCN(C)c1ccc(-c2cc(C(F)(F)F)nn2NS(=O)(=O)c2ccccc2)cc1C. The molecule has 6 nitrogen and oxygen atoms in total. The average Bonchev–Trinajstić information content (AvgIpc) is 3.11. The smallest absolute Gasteiger partial charge is 0.375 e. The van der Waals surface area contributed by atoms with E-state index in [0.29, 0.717) is 10.4 Å². The average molecular weight is 438 g/mol. The van der Waals surface area contributed by atoms with Crippen LogP contribution in [0, 0.1) is 6.92 Å². The highest BCUT2D eigenvalue weighted by atomic mass is 32.2. The number of aromatic nitrogens is 2. The topological polar surface area (TPSA) is 67.2 Å². The Balaban J connectivity index is 2.09. The first kappa shape index (κ1) is 21.7. The van der Waals surface area contributed by atoms with Crippen molar-refractivity contribution in [1.29, 1.82) is 0 Å². The Bertz CT molecular complexity index is 1140. The van der Waals surface area contributed by atoms with Crippen molar-refractivity contribution in [2.75, 3.05) is 23.3 Å². The maximum absolute atomic E-state index is 13.3. The Labute approximate surface area is 173 Å². The largest absolute Gasteiger partial charge is 0.435 e. The number of nitrogens with one attached hydrogen (secondary N) is 1. The Morgan fingerprint density at radius 1 is 1.10 bits per heavy atom. The quantitative estimate of drug-likeness (QED) is 0.624. The summed E-state index contributed by atoms with van der Waals surface area (Å²) < 4.78 is 65.1. The number of halogens is 3. The van der Waals surface area contributed by atoms with Gasteiger partial charge in [-0.1, -0.05) is 24.3 Å². The molecule has 1 N–H and O–H groups in total. The molecule has 0 saturated heterocycles. The Morgan fingerprint density at radius 2 is 1.77 bits per heavy atom. The zero-order valence-corrected chi connectivity index (χ0v) is 17.4. The molecule has 0 aliphatic heterocycles. The molecular weight excluding hydrogens is 417 g/mol. The van der Waals surface area contributed by atoms with Gasteiger partial charge in [0.15, 0.2) is 5.69 Å². The molecule has 0 radical (unpaired) electrons. The molecule has 30 heavy (non-hydrogen) atoms. The number of benzene rings is 2. The van der Waals surface area contributed by atoms with Crippen LogP contribution in [0.5, 0.6) is 0 Å². The van der Waals surface area contributed by atoms with Gasteiger partial charge in [0.05, 0.1) is 10.6 Å². The first-order valence-electron chi connectivity index (χ1n) is 9.10. The monoisotopic (exact) mass is 438 g/mol. The number of hydrogen-bond acceptors (Lipinski definition) is 4. The van der Waals surface area contributed by atoms with Crippen molar-refractivity contribution in [2.24, 2.45) is 0 Å². The molecule has 0 unspecified atom stereocenters. The zero-order valence-electron chi connectivity index (χ0n) is 16.6. The summed E-state index contributed by atoms with van der Waals surface area (Å²) in [5, 5.41) is 3.46. The van der Waals surface area contributed by atoms with E-state index in [-0.39, 0.29) is 10.6 Å². The minimum Gasteiger partial charge on any atom is -0.375 e. The van der Waals surface area contributed by atoms with Crippen molar-refractivity contribution in [3.8, 4) is 11.3 Å².